The van der Waals surface area contributed by atoms with Crippen molar-refractivity contribution in [3.63, 3.8) is 0 Å². The minimum Gasteiger partial charge on any atom is -0.481 e. The first kappa shape index (κ1) is 22.1. The molecular formula is C23H20F3NO4. The van der Waals surface area contributed by atoms with Crippen LogP contribution in [-0.2, 0) is 15.8 Å². The van der Waals surface area contributed by atoms with Crippen LogP contribution in [0, 0.1) is 6.92 Å². The van der Waals surface area contributed by atoms with Gasteiger partial charge in [-0.05, 0) is 59.4 Å². The summed E-state index contributed by atoms with van der Waals surface area (Å²) in [5, 5.41) is 8.99. The van der Waals surface area contributed by atoms with Crippen LogP contribution in [0.25, 0.3) is 17.2 Å². The summed E-state index contributed by atoms with van der Waals surface area (Å²) >= 11 is 0. The predicted molar refractivity (Wildman–Crippen MR) is 110 cm³/mol. The summed E-state index contributed by atoms with van der Waals surface area (Å²) in [4.78, 5) is 23.3. The van der Waals surface area contributed by atoms with Gasteiger partial charge in [-0.3, -0.25) is 4.79 Å². The Labute approximate surface area is 176 Å². The van der Waals surface area contributed by atoms with Gasteiger partial charge in [-0.15, -0.1) is 0 Å². The molecule has 8 heteroatoms. The summed E-state index contributed by atoms with van der Waals surface area (Å²) in [7, 11) is 0. The van der Waals surface area contributed by atoms with Gasteiger partial charge in [0.2, 0.25) is 5.91 Å². The maximum absolute atomic E-state index is 13.1. The number of carboxylic acid groups (broad SMARTS) is 1. The van der Waals surface area contributed by atoms with Crippen molar-refractivity contribution in [1.29, 1.82) is 0 Å². The normalized spacial score (nSPS) is 14.7. The van der Waals surface area contributed by atoms with Crippen molar-refractivity contribution in [3.8, 4) is 5.75 Å². The number of fused-ring (bicyclic) bond motifs is 1. The minimum absolute atomic E-state index is 0.180. The van der Waals surface area contributed by atoms with Gasteiger partial charge in [0.05, 0.1) is 11.1 Å². The molecule has 0 fully saturated rings. The molecule has 0 aromatic heterocycles. The number of nitrogens with two attached hydrogens (primary N) is 1. The van der Waals surface area contributed by atoms with E-state index in [2.05, 4.69) is 0 Å². The highest BCUT2D eigenvalue weighted by Crippen LogP contribution is 2.48. The monoisotopic (exact) mass is 431 g/mol. The number of carbonyl (C=O) groups is 2. The molecule has 0 aliphatic heterocycles. The average Bonchev–Trinajstić information content (AvgIpc) is 3.00. The molecule has 3 rings (SSSR count). The number of halogens is 3. The zero-order chi connectivity index (χ0) is 22.9. The van der Waals surface area contributed by atoms with E-state index < -0.39 is 30.2 Å². The number of rotatable bonds is 6. The topological polar surface area (TPSA) is 89.6 Å². The molecule has 2 aromatic carbocycles. The first-order valence-electron chi connectivity index (χ1n) is 9.45. The number of allylic oxidation sites excluding steroid dienone is 2. The highest BCUT2D eigenvalue weighted by atomic mass is 19.4. The van der Waals surface area contributed by atoms with Crippen LogP contribution in [0.15, 0.2) is 42.0 Å². The Balaban J connectivity index is 2.25. The molecule has 0 spiro atoms. The van der Waals surface area contributed by atoms with E-state index in [1.807, 2.05) is 0 Å². The van der Waals surface area contributed by atoms with Crippen molar-refractivity contribution in [3.05, 3.63) is 69.8 Å². The molecule has 1 amide bonds. The summed E-state index contributed by atoms with van der Waals surface area (Å²) in [6.45, 7) is 2.89. The zero-order valence-corrected chi connectivity index (χ0v) is 16.8. The Hall–Kier alpha value is -3.55. The predicted octanol–water partition coefficient (Wildman–Crippen LogP) is 4.68. The maximum atomic E-state index is 13.1. The summed E-state index contributed by atoms with van der Waals surface area (Å²) in [6.07, 6.45) is -2.53. The quantitative estimate of drug-likeness (QED) is 0.695. The van der Waals surface area contributed by atoms with Gasteiger partial charge in [-0.25, -0.2) is 4.79 Å². The van der Waals surface area contributed by atoms with E-state index in [9.17, 15) is 22.8 Å². The molecule has 0 radical (unpaired) electrons. The fourth-order valence-corrected chi connectivity index (χ4v) is 3.70. The second-order valence-corrected chi connectivity index (χ2v) is 7.07. The van der Waals surface area contributed by atoms with Gasteiger partial charge in [0.25, 0.3) is 0 Å². The number of aliphatic carboxylic acids is 1. The molecule has 0 bridgehead atoms. The standard InChI is InChI=1S/C23H20F3NO4/c1-3-15-17(10-13-5-4-6-14(9-13)23(24,25)26)16-8-7-12(2)21(31-11-18(28)29)19(16)20(15)22(27)30/h4-10H,3,11H2,1-2H3,(H2,27,30)(H,28,29). The molecule has 5 nitrogen and oxygen atoms in total. The molecule has 1 aliphatic carbocycles. The SMILES string of the molecule is CCC1=C(C(N)=O)c2c(ccc(C)c2OCC(=O)O)C1=Cc1cccc(C(F)(F)F)c1. The number of primary amides is 1. The molecule has 0 heterocycles. The second-order valence-electron chi connectivity index (χ2n) is 7.07. The van der Waals surface area contributed by atoms with Crippen LogP contribution in [0.4, 0.5) is 13.2 Å². The van der Waals surface area contributed by atoms with E-state index in [1.54, 1.807) is 32.1 Å². The van der Waals surface area contributed by atoms with Crippen LogP contribution >= 0.6 is 0 Å². The van der Waals surface area contributed by atoms with E-state index in [1.165, 1.54) is 12.1 Å². The van der Waals surface area contributed by atoms with Crippen LogP contribution in [0.2, 0.25) is 0 Å². The van der Waals surface area contributed by atoms with Gasteiger partial charge < -0.3 is 15.6 Å². The van der Waals surface area contributed by atoms with Crippen LogP contribution in [0.5, 0.6) is 5.75 Å². The second kappa shape index (κ2) is 8.29. The Kier molecular flexibility index (Phi) is 5.92. The molecule has 0 atom stereocenters. The summed E-state index contributed by atoms with van der Waals surface area (Å²) in [5.41, 5.74) is 7.98. The van der Waals surface area contributed by atoms with Crippen molar-refractivity contribution in [2.75, 3.05) is 6.61 Å². The van der Waals surface area contributed by atoms with E-state index in [0.29, 0.717) is 39.8 Å². The van der Waals surface area contributed by atoms with Crippen molar-refractivity contribution in [2.24, 2.45) is 5.73 Å². The third kappa shape index (κ3) is 4.33. The number of ether oxygens (including phenoxy) is 1. The highest BCUT2D eigenvalue weighted by Gasteiger charge is 2.33. The number of hydrogen-bond acceptors (Lipinski definition) is 3. The van der Waals surface area contributed by atoms with Crippen molar-refractivity contribution in [2.45, 2.75) is 26.4 Å². The Bertz CT molecular complexity index is 1130. The molecular weight excluding hydrogens is 411 g/mol. The Morgan fingerprint density at radius 2 is 1.90 bits per heavy atom. The molecule has 0 saturated heterocycles. The maximum Gasteiger partial charge on any atom is 0.416 e. The zero-order valence-electron chi connectivity index (χ0n) is 16.8. The van der Waals surface area contributed by atoms with Gasteiger partial charge in [-0.2, -0.15) is 13.2 Å². The lowest BCUT2D eigenvalue weighted by Gasteiger charge is -2.14. The summed E-state index contributed by atoms with van der Waals surface area (Å²) in [5.74, 6) is -1.70. The highest BCUT2D eigenvalue weighted by molar-refractivity contribution is 6.28. The molecule has 1 aliphatic rings. The molecule has 3 N–H and O–H groups in total. The number of alkyl halides is 3. The number of benzene rings is 2. The molecule has 31 heavy (non-hydrogen) atoms. The van der Waals surface area contributed by atoms with E-state index in [-0.39, 0.29) is 11.3 Å². The molecule has 0 saturated carbocycles. The van der Waals surface area contributed by atoms with Gasteiger partial charge >= 0.3 is 12.1 Å². The number of carboxylic acids is 1. The molecule has 162 valence electrons. The van der Waals surface area contributed by atoms with E-state index in [0.717, 1.165) is 12.1 Å². The number of amides is 1. The lowest BCUT2D eigenvalue weighted by molar-refractivity contribution is -0.139. The van der Waals surface area contributed by atoms with Crippen molar-refractivity contribution in [1.82, 2.24) is 0 Å². The number of aryl methyl sites for hydroxylation is 1. The third-order valence-corrected chi connectivity index (χ3v) is 4.99. The van der Waals surface area contributed by atoms with E-state index in [4.69, 9.17) is 15.6 Å². The smallest absolute Gasteiger partial charge is 0.416 e. The van der Waals surface area contributed by atoms with Gasteiger partial charge in [0, 0.05) is 5.56 Å². The minimum atomic E-state index is -4.49. The van der Waals surface area contributed by atoms with Gasteiger partial charge in [0.15, 0.2) is 6.61 Å². The number of carbonyl (C=O) groups excluding carboxylic acids is 1. The fourth-order valence-electron chi connectivity index (χ4n) is 3.70. The first-order chi connectivity index (χ1) is 14.5. The van der Waals surface area contributed by atoms with Crippen LogP contribution in [0.1, 0.15) is 41.2 Å². The fraction of sp³-hybridized carbons (Fsp3) is 0.217. The Morgan fingerprint density at radius 1 is 1.19 bits per heavy atom. The Morgan fingerprint density at radius 3 is 2.48 bits per heavy atom. The lowest BCUT2D eigenvalue weighted by atomic mass is 9.97. The number of hydrogen-bond donors (Lipinski definition) is 2. The van der Waals surface area contributed by atoms with Crippen molar-refractivity contribution < 1.29 is 32.6 Å². The van der Waals surface area contributed by atoms with Crippen LogP contribution in [-0.4, -0.2) is 23.6 Å². The first-order valence-corrected chi connectivity index (χ1v) is 9.45. The van der Waals surface area contributed by atoms with Crippen LogP contribution < -0.4 is 10.5 Å². The van der Waals surface area contributed by atoms with Crippen LogP contribution in [0.3, 0.4) is 0 Å². The third-order valence-electron chi connectivity index (χ3n) is 4.99. The molecule has 2 aromatic rings. The summed E-state index contributed by atoms with van der Waals surface area (Å²) < 4.78 is 44.8. The van der Waals surface area contributed by atoms with Gasteiger partial charge in [-0.1, -0.05) is 31.2 Å². The van der Waals surface area contributed by atoms with E-state index >= 15 is 0 Å². The lowest BCUT2D eigenvalue weighted by Crippen LogP contribution is -2.16. The average molecular weight is 431 g/mol. The summed E-state index contributed by atoms with van der Waals surface area (Å²) in [6, 6.07) is 8.28. The largest absolute Gasteiger partial charge is 0.481 e. The van der Waals surface area contributed by atoms with Crippen molar-refractivity contribution >= 4 is 29.1 Å². The van der Waals surface area contributed by atoms with Gasteiger partial charge in [0.1, 0.15) is 5.75 Å². The molecule has 0 unspecified atom stereocenters.